The molecule has 6 heteroatoms. The number of H-pyrrole nitrogens is 1. The summed E-state index contributed by atoms with van der Waals surface area (Å²) < 4.78 is 11.0. The molecule has 2 aliphatic rings. The van der Waals surface area contributed by atoms with Gasteiger partial charge in [0.05, 0.1) is 14.2 Å². The fraction of sp³-hybridized carbons (Fsp3) is 0.500. The molecule has 0 amide bonds. The number of nitrogens with zero attached hydrogens (tertiary/aromatic N) is 3. The van der Waals surface area contributed by atoms with E-state index in [1.807, 2.05) is 6.07 Å². The van der Waals surface area contributed by atoms with E-state index in [2.05, 4.69) is 64.0 Å². The smallest absolute Gasteiger partial charge is 0.161 e. The highest BCUT2D eigenvalue weighted by Crippen LogP contribution is 2.37. The lowest BCUT2D eigenvalue weighted by Gasteiger charge is -2.42. The first-order valence-electron chi connectivity index (χ1n) is 12.7. The van der Waals surface area contributed by atoms with Gasteiger partial charge in [0, 0.05) is 60.1 Å². The number of piperazine rings is 1. The summed E-state index contributed by atoms with van der Waals surface area (Å²) in [5, 5.41) is 1.32. The van der Waals surface area contributed by atoms with E-state index >= 15 is 0 Å². The maximum Gasteiger partial charge on any atom is 0.161 e. The molecular weight excluding hydrogens is 424 g/mol. The zero-order chi connectivity index (χ0) is 23.7. The first kappa shape index (κ1) is 23.1. The predicted octanol–water partition coefficient (Wildman–Crippen LogP) is 4.63. The van der Waals surface area contributed by atoms with Gasteiger partial charge in [0.1, 0.15) is 0 Å². The van der Waals surface area contributed by atoms with E-state index in [1.165, 1.54) is 53.8 Å². The monoisotopic (exact) mass is 462 g/mol. The number of aryl methyl sites for hydroxylation is 1. The molecule has 6 nitrogen and oxygen atoms in total. The summed E-state index contributed by atoms with van der Waals surface area (Å²) in [6.07, 6.45) is 3.59. The first-order chi connectivity index (χ1) is 16.6. The number of hydrogen-bond donors (Lipinski definition) is 1. The number of rotatable bonds is 6. The van der Waals surface area contributed by atoms with Crippen molar-refractivity contribution >= 4 is 16.6 Å². The van der Waals surface area contributed by atoms with Gasteiger partial charge in [0.2, 0.25) is 0 Å². The Morgan fingerprint density at radius 3 is 2.29 bits per heavy atom. The summed E-state index contributed by atoms with van der Waals surface area (Å²) in [7, 11) is 5.60. The van der Waals surface area contributed by atoms with Crippen molar-refractivity contribution in [1.82, 2.24) is 14.8 Å². The van der Waals surface area contributed by atoms with E-state index in [1.54, 1.807) is 14.2 Å². The number of piperidine rings is 1. The van der Waals surface area contributed by atoms with Gasteiger partial charge in [0.25, 0.3) is 0 Å². The van der Waals surface area contributed by atoms with E-state index in [0.29, 0.717) is 0 Å². The molecule has 0 bridgehead atoms. The molecule has 34 heavy (non-hydrogen) atoms. The van der Waals surface area contributed by atoms with Crippen molar-refractivity contribution in [2.24, 2.45) is 0 Å². The van der Waals surface area contributed by atoms with Crippen molar-refractivity contribution in [1.29, 1.82) is 0 Å². The Balaban J connectivity index is 1.37. The Kier molecular flexibility index (Phi) is 6.70. The minimum Gasteiger partial charge on any atom is -0.493 e. The fourth-order valence-corrected chi connectivity index (χ4v) is 5.74. The largest absolute Gasteiger partial charge is 0.493 e. The highest BCUT2D eigenvalue weighted by molar-refractivity contribution is 5.93. The highest BCUT2D eigenvalue weighted by atomic mass is 16.5. The van der Waals surface area contributed by atoms with Gasteiger partial charge < -0.3 is 24.3 Å². The zero-order valence-electron chi connectivity index (χ0n) is 21.1. The molecule has 0 spiro atoms. The maximum atomic E-state index is 5.55. The number of hydrogen-bond acceptors (Lipinski definition) is 5. The Labute approximate surface area is 203 Å². The third kappa shape index (κ3) is 4.37. The van der Waals surface area contributed by atoms with Crippen molar-refractivity contribution in [2.75, 3.05) is 65.4 Å². The standard InChI is InChI=1S/C28H38N4O2/c1-5-23-24-19-22(32-16-14-31(15-17-32)21-10-12-30(2)13-11-21)7-8-25(24)29-28(23)20-6-9-26(33-3)27(18-20)34-4/h6-9,18-19,21,29H,5,10-17H2,1-4H3. The highest BCUT2D eigenvalue weighted by Gasteiger charge is 2.27. The summed E-state index contributed by atoms with van der Waals surface area (Å²) in [5.41, 5.74) is 6.18. The van der Waals surface area contributed by atoms with Gasteiger partial charge in [-0.1, -0.05) is 6.92 Å². The number of fused-ring (bicyclic) bond motifs is 1. The lowest BCUT2D eigenvalue weighted by atomic mass is 10.0. The third-order valence-corrected chi connectivity index (χ3v) is 7.80. The van der Waals surface area contributed by atoms with E-state index < -0.39 is 0 Å². The lowest BCUT2D eigenvalue weighted by molar-refractivity contribution is 0.115. The molecule has 182 valence electrons. The number of likely N-dealkylation sites (tertiary alicyclic amines) is 1. The Hall–Kier alpha value is -2.70. The summed E-state index contributed by atoms with van der Waals surface area (Å²) in [5.74, 6) is 1.51. The van der Waals surface area contributed by atoms with Crippen LogP contribution >= 0.6 is 0 Å². The van der Waals surface area contributed by atoms with Crippen LogP contribution in [-0.2, 0) is 6.42 Å². The molecule has 2 aromatic carbocycles. The Bertz CT molecular complexity index is 1120. The number of methoxy groups -OCH3 is 2. The first-order valence-corrected chi connectivity index (χ1v) is 12.7. The second-order valence-electron chi connectivity index (χ2n) is 9.69. The molecule has 1 aromatic heterocycles. The van der Waals surface area contributed by atoms with Crippen molar-refractivity contribution in [3.8, 4) is 22.8 Å². The van der Waals surface area contributed by atoms with Gasteiger partial charge in [-0.3, -0.25) is 4.90 Å². The number of benzene rings is 2. The van der Waals surface area contributed by atoms with E-state index in [4.69, 9.17) is 9.47 Å². The normalized spacial score (nSPS) is 18.5. The summed E-state index contributed by atoms with van der Waals surface area (Å²) in [4.78, 5) is 11.4. The Morgan fingerprint density at radius 1 is 0.882 bits per heavy atom. The molecule has 2 aliphatic heterocycles. The summed E-state index contributed by atoms with van der Waals surface area (Å²) in [6, 6.07) is 13.8. The molecule has 1 N–H and O–H groups in total. The molecule has 0 unspecified atom stereocenters. The number of aromatic nitrogens is 1. The van der Waals surface area contributed by atoms with Crippen LogP contribution in [0.4, 0.5) is 5.69 Å². The molecule has 3 heterocycles. The van der Waals surface area contributed by atoms with E-state index in [9.17, 15) is 0 Å². The van der Waals surface area contributed by atoms with Gasteiger partial charge in [-0.2, -0.15) is 0 Å². The van der Waals surface area contributed by atoms with Crippen LogP contribution in [0.1, 0.15) is 25.3 Å². The van der Waals surface area contributed by atoms with Gasteiger partial charge in [-0.15, -0.1) is 0 Å². The number of aromatic amines is 1. The molecule has 0 saturated carbocycles. The minimum atomic E-state index is 0.752. The number of nitrogens with one attached hydrogen (secondary N) is 1. The molecule has 0 atom stereocenters. The van der Waals surface area contributed by atoms with Crippen LogP contribution in [0, 0.1) is 0 Å². The summed E-state index contributed by atoms with van der Waals surface area (Å²) >= 11 is 0. The van der Waals surface area contributed by atoms with Gasteiger partial charge >= 0.3 is 0 Å². The molecule has 2 fully saturated rings. The average molecular weight is 463 g/mol. The average Bonchev–Trinajstić information content (AvgIpc) is 3.26. The van der Waals surface area contributed by atoms with Crippen LogP contribution in [0.15, 0.2) is 36.4 Å². The van der Waals surface area contributed by atoms with Crippen LogP contribution in [0.2, 0.25) is 0 Å². The van der Waals surface area contributed by atoms with Crippen LogP contribution in [0.5, 0.6) is 11.5 Å². The van der Waals surface area contributed by atoms with Crippen LogP contribution in [0.25, 0.3) is 22.2 Å². The van der Waals surface area contributed by atoms with Crippen LogP contribution < -0.4 is 14.4 Å². The SMILES string of the molecule is CCc1c(-c2ccc(OC)c(OC)c2)[nH]c2ccc(N3CCN(C4CCN(C)CC4)CC3)cc12. The number of anilines is 1. The van der Waals surface area contributed by atoms with Crippen molar-refractivity contribution in [3.05, 3.63) is 42.0 Å². The molecule has 0 radical (unpaired) electrons. The van der Waals surface area contributed by atoms with Crippen molar-refractivity contribution in [3.63, 3.8) is 0 Å². The summed E-state index contributed by atoms with van der Waals surface area (Å²) in [6.45, 7) is 9.24. The molecule has 0 aliphatic carbocycles. The molecular formula is C28H38N4O2. The topological polar surface area (TPSA) is 44.0 Å². The maximum absolute atomic E-state index is 5.55. The third-order valence-electron chi connectivity index (χ3n) is 7.80. The van der Waals surface area contributed by atoms with Crippen LogP contribution in [0.3, 0.4) is 0 Å². The minimum absolute atomic E-state index is 0.752. The molecule has 3 aromatic rings. The zero-order valence-corrected chi connectivity index (χ0v) is 21.1. The molecule has 5 rings (SSSR count). The Morgan fingerprint density at radius 2 is 1.62 bits per heavy atom. The van der Waals surface area contributed by atoms with Gasteiger partial charge in [-0.05, 0) is 81.4 Å². The van der Waals surface area contributed by atoms with E-state index in [0.717, 1.165) is 55.7 Å². The second kappa shape index (κ2) is 9.88. The lowest BCUT2D eigenvalue weighted by Crippen LogP contribution is -2.53. The van der Waals surface area contributed by atoms with Crippen molar-refractivity contribution in [2.45, 2.75) is 32.2 Å². The number of ether oxygens (including phenoxy) is 2. The molecule has 2 saturated heterocycles. The second-order valence-corrected chi connectivity index (χ2v) is 9.69. The van der Waals surface area contributed by atoms with Crippen molar-refractivity contribution < 1.29 is 9.47 Å². The fourth-order valence-electron chi connectivity index (χ4n) is 5.74. The van der Waals surface area contributed by atoms with E-state index in [-0.39, 0.29) is 0 Å². The van der Waals surface area contributed by atoms with Gasteiger partial charge in [0.15, 0.2) is 11.5 Å². The quantitative estimate of drug-likeness (QED) is 0.579. The van der Waals surface area contributed by atoms with Gasteiger partial charge in [-0.25, -0.2) is 0 Å². The van der Waals surface area contributed by atoms with Crippen LogP contribution in [-0.4, -0.2) is 81.4 Å². The predicted molar refractivity (Wildman–Crippen MR) is 141 cm³/mol.